The Labute approximate surface area is 245 Å². The van der Waals surface area contributed by atoms with Crippen molar-refractivity contribution in [2.24, 2.45) is 5.73 Å². The number of nitrogens with zero attached hydrogens (tertiary/aromatic N) is 2. The molecule has 0 spiro atoms. The van der Waals surface area contributed by atoms with Gasteiger partial charge in [0, 0.05) is 54.4 Å². The fourth-order valence-corrected chi connectivity index (χ4v) is 6.30. The second kappa shape index (κ2) is 10.5. The van der Waals surface area contributed by atoms with Crippen molar-refractivity contribution in [3.8, 4) is 17.2 Å². The predicted molar refractivity (Wildman–Crippen MR) is 147 cm³/mol. The number of hydrogen-bond donors (Lipinski definition) is 5. The number of carbonyl (C=O) groups excluding carboxylic acids is 3. The fraction of sp³-hybridized carbons (Fsp3) is 0.400. The second-order valence-electron chi connectivity index (χ2n) is 11.2. The van der Waals surface area contributed by atoms with E-state index in [-0.39, 0.29) is 47.4 Å². The molecular weight excluding hydrogens is 562 g/mol. The molecule has 1 saturated heterocycles. The van der Waals surface area contributed by atoms with Crippen molar-refractivity contribution in [3.63, 3.8) is 0 Å². The minimum Gasteiger partial charge on any atom is -0.507 e. The van der Waals surface area contributed by atoms with E-state index in [2.05, 4.69) is 4.98 Å². The minimum atomic E-state index is -2.12. The SMILES string of the molecule is COc1cccc2c1C(=O)c1c(O)c3c(c(O)c1C2=O)C[C@@](O)(C(=O)Cn1ccnc1)C[C@@H]3OC1CC(N)C(O)C(C)O1. The Morgan fingerprint density at radius 1 is 1.19 bits per heavy atom. The van der Waals surface area contributed by atoms with Gasteiger partial charge in [-0.2, -0.15) is 0 Å². The van der Waals surface area contributed by atoms with Crippen molar-refractivity contribution in [3.05, 3.63) is 70.3 Å². The standard InChI is InChI=1S/C30H31N3O10/c1-13-25(35)16(31)8-20(42-13)43-18-10-30(40,19(34)11-33-7-6-32-12-33)9-15-22(18)29(39)24-23(27(15)37)26(36)14-4-3-5-17(41-2)21(14)28(24)38/h3-7,12-13,16,18,20,25,35,37,39-40H,8-11,31H2,1-2H3/t13?,16?,18-,20?,25?,30-/m0/s1. The molecule has 13 heteroatoms. The molecule has 13 nitrogen and oxygen atoms in total. The van der Waals surface area contributed by atoms with E-state index in [1.165, 1.54) is 42.4 Å². The van der Waals surface area contributed by atoms with E-state index in [0.717, 1.165) is 0 Å². The number of fused-ring (bicyclic) bond motifs is 3. The molecule has 6 atom stereocenters. The maximum Gasteiger partial charge on any atom is 0.202 e. The lowest BCUT2D eigenvalue weighted by Gasteiger charge is -2.42. The summed E-state index contributed by atoms with van der Waals surface area (Å²) in [4.78, 5) is 44.9. The largest absolute Gasteiger partial charge is 0.507 e. The third-order valence-electron chi connectivity index (χ3n) is 8.55. The van der Waals surface area contributed by atoms with Crippen LogP contribution in [-0.2, 0) is 27.2 Å². The third kappa shape index (κ3) is 4.60. The Morgan fingerprint density at radius 3 is 2.60 bits per heavy atom. The summed E-state index contributed by atoms with van der Waals surface area (Å²) in [5.41, 5.74) is 2.80. The molecule has 0 saturated carbocycles. The number of benzene rings is 2. The van der Waals surface area contributed by atoms with Gasteiger partial charge in [-0.1, -0.05) is 12.1 Å². The number of aromatic hydroxyl groups is 2. The highest BCUT2D eigenvalue weighted by molar-refractivity contribution is 6.31. The van der Waals surface area contributed by atoms with Gasteiger partial charge in [0.05, 0.1) is 55.0 Å². The zero-order valence-electron chi connectivity index (χ0n) is 23.4. The number of aliphatic hydroxyl groups is 2. The van der Waals surface area contributed by atoms with Crippen LogP contribution in [0.1, 0.15) is 68.8 Å². The van der Waals surface area contributed by atoms with E-state index in [1.807, 2.05) is 0 Å². The Balaban J connectivity index is 1.49. The minimum absolute atomic E-state index is 0.0290. The first-order chi connectivity index (χ1) is 20.4. The Kier molecular flexibility index (Phi) is 7.10. The van der Waals surface area contributed by atoms with Gasteiger partial charge in [-0.05, 0) is 13.0 Å². The molecule has 1 aromatic heterocycles. The van der Waals surface area contributed by atoms with E-state index in [4.69, 9.17) is 19.9 Å². The predicted octanol–water partition coefficient (Wildman–Crippen LogP) is 0.906. The van der Waals surface area contributed by atoms with Gasteiger partial charge >= 0.3 is 0 Å². The molecule has 1 fully saturated rings. The number of methoxy groups -OCH3 is 1. The normalized spacial score (nSPS) is 28.2. The Bertz CT molecular complexity index is 1630. The van der Waals surface area contributed by atoms with Crippen LogP contribution in [-0.4, -0.2) is 84.6 Å². The summed E-state index contributed by atoms with van der Waals surface area (Å²) in [5.74, 6) is -3.28. The zero-order valence-corrected chi connectivity index (χ0v) is 23.4. The molecule has 6 rings (SSSR count). The van der Waals surface area contributed by atoms with E-state index < -0.39 is 82.6 Å². The van der Waals surface area contributed by atoms with Crippen LogP contribution >= 0.6 is 0 Å². The van der Waals surface area contributed by atoms with Gasteiger partial charge in [0.2, 0.25) is 5.78 Å². The van der Waals surface area contributed by atoms with E-state index in [0.29, 0.717) is 0 Å². The lowest BCUT2D eigenvalue weighted by atomic mass is 9.71. The molecule has 1 aliphatic heterocycles. The molecule has 0 radical (unpaired) electrons. The molecule has 3 aliphatic rings. The highest BCUT2D eigenvalue weighted by Gasteiger charge is 2.50. The van der Waals surface area contributed by atoms with Crippen LogP contribution in [0.4, 0.5) is 0 Å². The van der Waals surface area contributed by atoms with E-state index in [1.54, 1.807) is 13.1 Å². The number of ketones is 3. The summed E-state index contributed by atoms with van der Waals surface area (Å²) in [6, 6.07) is 3.72. The van der Waals surface area contributed by atoms with Crippen LogP contribution in [0.3, 0.4) is 0 Å². The van der Waals surface area contributed by atoms with Crippen molar-refractivity contribution in [1.29, 1.82) is 0 Å². The monoisotopic (exact) mass is 593 g/mol. The van der Waals surface area contributed by atoms with Crippen LogP contribution in [0.15, 0.2) is 36.9 Å². The maximum absolute atomic E-state index is 13.8. The highest BCUT2D eigenvalue weighted by atomic mass is 16.7. The molecule has 0 bridgehead atoms. The van der Waals surface area contributed by atoms with Crippen LogP contribution in [0, 0.1) is 0 Å². The maximum atomic E-state index is 13.8. The van der Waals surface area contributed by atoms with Gasteiger partial charge < -0.3 is 44.9 Å². The van der Waals surface area contributed by atoms with Crippen LogP contribution in [0.25, 0.3) is 0 Å². The molecule has 2 heterocycles. The average Bonchev–Trinajstić information content (AvgIpc) is 3.48. The third-order valence-corrected chi connectivity index (χ3v) is 8.55. The van der Waals surface area contributed by atoms with Gasteiger partial charge in [-0.25, -0.2) is 4.98 Å². The molecular formula is C30H31N3O10. The zero-order chi connectivity index (χ0) is 30.8. The molecule has 0 amide bonds. The lowest BCUT2D eigenvalue weighted by molar-refractivity contribution is -0.247. The molecule has 2 aliphatic carbocycles. The number of Topliss-reactive ketones (excluding diaryl/α,β-unsaturated/α-hetero) is 1. The number of phenolic OH excluding ortho intramolecular Hbond substituents is 2. The first-order valence-corrected chi connectivity index (χ1v) is 13.8. The average molecular weight is 594 g/mol. The number of aromatic nitrogens is 2. The van der Waals surface area contributed by atoms with Crippen molar-refractivity contribution in [1.82, 2.24) is 9.55 Å². The second-order valence-corrected chi connectivity index (χ2v) is 11.2. The van der Waals surface area contributed by atoms with Crippen LogP contribution < -0.4 is 10.5 Å². The van der Waals surface area contributed by atoms with Crippen molar-refractivity contribution >= 4 is 17.3 Å². The van der Waals surface area contributed by atoms with Crippen molar-refractivity contribution < 1.29 is 49.0 Å². The number of nitrogens with two attached hydrogens (primary N) is 1. The smallest absolute Gasteiger partial charge is 0.202 e. The molecule has 226 valence electrons. The topological polar surface area (TPSA) is 204 Å². The first kappa shape index (κ1) is 29.0. The van der Waals surface area contributed by atoms with E-state index >= 15 is 0 Å². The van der Waals surface area contributed by atoms with E-state index in [9.17, 15) is 34.8 Å². The van der Waals surface area contributed by atoms with Gasteiger partial charge in [0.15, 0.2) is 17.9 Å². The number of imidazole rings is 1. The fourth-order valence-electron chi connectivity index (χ4n) is 6.30. The number of carbonyl (C=O) groups is 3. The lowest BCUT2D eigenvalue weighted by Crippen LogP contribution is -2.53. The number of hydrogen-bond acceptors (Lipinski definition) is 12. The highest BCUT2D eigenvalue weighted by Crippen LogP contribution is 2.52. The Hall–Kier alpha value is -4.14. The summed E-state index contributed by atoms with van der Waals surface area (Å²) in [5, 5.41) is 45.2. The summed E-state index contributed by atoms with van der Waals surface area (Å²) >= 11 is 0. The molecule has 4 unspecified atom stereocenters. The van der Waals surface area contributed by atoms with Crippen molar-refractivity contribution in [2.45, 2.75) is 69.0 Å². The van der Waals surface area contributed by atoms with Crippen molar-refractivity contribution in [2.75, 3.05) is 7.11 Å². The summed E-state index contributed by atoms with van der Waals surface area (Å²) in [6.45, 7) is 1.35. The number of rotatable bonds is 6. The van der Waals surface area contributed by atoms with Gasteiger partial charge in [-0.15, -0.1) is 0 Å². The quantitative estimate of drug-likeness (QED) is 0.198. The number of phenols is 2. The van der Waals surface area contributed by atoms with Crippen LogP contribution in [0.5, 0.6) is 17.2 Å². The molecule has 6 N–H and O–H groups in total. The number of aliphatic hydroxyl groups excluding tert-OH is 1. The van der Waals surface area contributed by atoms with Gasteiger partial charge in [0.1, 0.15) is 22.8 Å². The summed E-state index contributed by atoms with van der Waals surface area (Å²) in [7, 11) is 1.34. The summed E-state index contributed by atoms with van der Waals surface area (Å²) < 4.78 is 18.8. The molecule has 43 heavy (non-hydrogen) atoms. The molecule has 3 aromatic rings. The first-order valence-electron chi connectivity index (χ1n) is 13.8. The van der Waals surface area contributed by atoms with Gasteiger partial charge in [0.25, 0.3) is 0 Å². The Morgan fingerprint density at radius 2 is 1.93 bits per heavy atom. The summed E-state index contributed by atoms with van der Waals surface area (Å²) in [6.07, 6.45) is -0.392. The number of ether oxygens (including phenoxy) is 3. The molecule has 2 aromatic carbocycles. The van der Waals surface area contributed by atoms with Gasteiger partial charge in [-0.3, -0.25) is 14.4 Å². The van der Waals surface area contributed by atoms with Crippen LogP contribution in [0.2, 0.25) is 0 Å².